The highest BCUT2D eigenvalue weighted by Crippen LogP contribution is 2.33. The highest BCUT2D eigenvalue weighted by molar-refractivity contribution is 5.85. The quantitative estimate of drug-likeness (QED) is 0.545. The van der Waals surface area contributed by atoms with E-state index in [1.807, 2.05) is 44.2 Å². The minimum absolute atomic E-state index is 0.104. The van der Waals surface area contributed by atoms with Gasteiger partial charge in [-0.25, -0.2) is 9.59 Å². The van der Waals surface area contributed by atoms with Gasteiger partial charge in [0.1, 0.15) is 18.2 Å². The number of alkyl carbamates (subject to hydrolysis) is 1. The van der Waals surface area contributed by atoms with Gasteiger partial charge in [0.05, 0.1) is 5.54 Å². The molecule has 1 aromatic rings. The van der Waals surface area contributed by atoms with E-state index in [0.717, 1.165) is 18.4 Å². The Hall–Kier alpha value is -2.57. The lowest BCUT2D eigenvalue weighted by Gasteiger charge is -2.32. The molecule has 2 amide bonds. The Kier molecular flexibility index (Phi) is 9.10. The van der Waals surface area contributed by atoms with Gasteiger partial charge in [0.15, 0.2) is 0 Å². The van der Waals surface area contributed by atoms with Crippen molar-refractivity contribution in [3.05, 3.63) is 35.9 Å². The number of nitrogens with one attached hydrogen (secondary N) is 2. The Morgan fingerprint density at radius 3 is 2.25 bits per heavy atom. The zero-order valence-corrected chi connectivity index (χ0v) is 20.0. The third-order valence-corrected chi connectivity index (χ3v) is 5.38. The number of hydrogen-bond acceptors (Lipinski definition) is 5. The molecule has 2 rings (SSSR count). The van der Waals surface area contributed by atoms with E-state index in [-0.39, 0.29) is 24.9 Å². The first-order valence-electron chi connectivity index (χ1n) is 11.5. The van der Waals surface area contributed by atoms with Gasteiger partial charge in [0.25, 0.3) is 0 Å². The van der Waals surface area contributed by atoms with E-state index >= 15 is 0 Å². The summed E-state index contributed by atoms with van der Waals surface area (Å²) in [7, 11) is 0. The summed E-state index contributed by atoms with van der Waals surface area (Å²) in [5, 5.41) is 5.78. The lowest BCUT2D eigenvalue weighted by Crippen LogP contribution is -2.52. The molecule has 0 saturated heterocycles. The molecule has 1 saturated carbocycles. The Morgan fingerprint density at radius 1 is 1.06 bits per heavy atom. The van der Waals surface area contributed by atoms with Crippen LogP contribution in [0, 0.1) is 5.92 Å². The maximum Gasteiger partial charge on any atom is 0.408 e. The van der Waals surface area contributed by atoms with Crippen LogP contribution in [0.1, 0.15) is 78.7 Å². The number of benzene rings is 1. The van der Waals surface area contributed by atoms with Gasteiger partial charge in [-0.15, -0.1) is 0 Å². The van der Waals surface area contributed by atoms with Crippen molar-refractivity contribution in [2.75, 3.05) is 0 Å². The zero-order chi connectivity index (χ0) is 23.8. The first-order valence-corrected chi connectivity index (χ1v) is 11.5. The summed E-state index contributed by atoms with van der Waals surface area (Å²) in [5.74, 6) is -0.522. The summed E-state index contributed by atoms with van der Waals surface area (Å²) in [5.41, 5.74) is -0.373. The van der Waals surface area contributed by atoms with Crippen LogP contribution in [0.15, 0.2) is 30.3 Å². The van der Waals surface area contributed by atoms with Gasteiger partial charge in [-0.1, -0.05) is 57.0 Å². The Labute approximate surface area is 191 Å². The molecular formula is C25H38N2O5. The molecule has 0 radical (unpaired) electrons. The van der Waals surface area contributed by atoms with Crippen molar-refractivity contribution in [1.82, 2.24) is 10.6 Å². The molecule has 32 heavy (non-hydrogen) atoms. The first-order chi connectivity index (χ1) is 15.0. The molecule has 0 aliphatic heterocycles. The lowest BCUT2D eigenvalue weighted by molar-refractivity contribution is -0.149. The van der Waals surface area contributed by atoms with Crippen LogP contribution in [-0.4, -0.2) is 35.2 Å². The summed E-state index contributed by atoms with van der Waals surface area (Å²) >= 11 is 0. The van der Waals surface area contributed by atoms with E-state index < -0.39 is 29.2 Å². The Bertz CT molecular complexity index is 764. The predicted octanol–water partition coefficient (Wildman–Crippen LogP) is 4.49. The number of carbonyl (C=O) groups is 3. The van der Waals surface area contributed by atoms with Gasteiger partial charge in [-0.05, 0) is 51.5 Å². The van der Waals surface area contributed by atoms with E-state index in [2.05, 4.69) is 10.6 Å². The topological polar surface area (TPSA) is 93.7 Å². The van der Waals surface area contributed by atoms with Crippen LogP contribution in [0.25, 0.3) is 0 Å². The molecule has 1 aliphatic rings. The van der Waals surface area contributed by atoms with Gasteiger partial charge in [-0.2, -0.15) is 0 Å². The highest BCUT2D eigenvalue weighted by Gasteiger charge is 2.39. The molecule has 1 aromatic carbocycles. The van der Waals surface area contributed by atoms with Crippen molar-refractivity contribution in [2.45, 2.75) is 96.9 Å². The highest BCUT2D eigenvalue weighted by atomic mass is 16.6. The minimum atomic E-state index is -0.730. The number of esters is 1. The van der Waals surface area contributed by atoms with Crippen LogP contribution in [0.2, 0.25) is 0 Å². The molecule has 1 aliphatic carbocycles. The largest absolute Gasteiger partial charge is 0.459 e. The summed E-state index contributed by atoms with van der Waals surface area (Å²) in [6, 6.07) is 8.71. The molecule has 0 bridgehead atoms. The summed E-state index contributed by atoms with van der Waals surface area (Å²) < 4.78 is 10.9. The van der Waals surface area contributed by atoms with Crippen LogP contribution in [-0.2, 0) is 25.7 Å². The third-order valence-electron chi connectivity index (χ3n) is 5.38. The van der Waals surface area contributed by atoms with Crippen LogP contribution >= 0.6 is 0 Å². The molecule has 0 unspecified atom stereocenters. The van der Waals surface area contributed by atoms with Crippen LogP contribution in [0.4, 0.5) is 4.79 Å². The lowest BCUT2D eigenvalue weighted by atomic mass is 9.92. The van der Waals surface area contributed by atoms with E-state index in [9.17, 15) is 14.4 Å². The summed E-state index contributed by atoms with van der Waals surface area (Å²) in [4.78, 5) is 38.0. The standard InChI is InChI=1S/C25H38N2O5/c1-18(2)15-20(22(29)31-17-19-11-7-6-8-12-19)26-21(28)16-25(13-9-10-14-25)27-23(30)32-24(3,4)5/h6-8,11-12,18,20H,9-10,13-17H2,1-5H3,(H,26,28)(H,27,30)/t20-/m0/s1. The maximum atomic E-state index is 12.9. The first kappa shape index (κ1) is 25.7. The SMILES string of the molecule is CC(C)C[C@H](NC(=O)CC1(NC(=O)OC(C)(C)C)CCCC1)C(=O)OCc1ccccc1. The van der Waals surface area contributed by atoms with E-state index in [1.165, 1.54) is 0 Å². The number of carbonyl (C=O) groups excluding carboxylic acids is 3. The van der Waals surface area contributed by atoms with Crippen molar-refractivity contribution in [1.29, 1.82) is 0 Å². The molecule has 2 N–H and O–H groups in total. The molecule has 1 fully saturated rings. The normalized spacial score (nSPS) is 16.3. The van der Waals surface area contributed by atoms with Crippen molar-refractivity contribution >= 4 is 18.0 Å². The molecule has 7 heteroatoms. The second-order valence-electron chi connectivity index (χ2n) is 10.1. The fourth-order valence-electron chi connectivity index (χ4n) is 3.99. The predicted molar refractivity (Wildman–Crippen MR) is 123 cm³/mol. The van der Waals surface area contributed by atoms with Crippen molar-refractivity contribution < 1.29 is 23.9 Å². The summed E-state index contributed by atoms with van der Waals surface area (Å²) in [6.45, 7) is 9.56. The number of amides is 2. The fraction of sp³-hybridized carbons (Fsp3) is 0.640. The molecule has 0 heterocycles. The number of rotatable bonds is 9. The van der Waals surface area contributed by atoms with E-state index in [4.69, 9.17) is 9.47 Å². The average Bonchev–Trinajstić information content (AvgIpc) is 3.11. The minimum Gasteiger partial charge on any atom is -0.459 e. The van der Waals surface area contributed by atoms with Crippen LogP contribution in [0.3, 0.4) is 0 Å². The zero-order valence-electron chi connectivity index (χ0n) is 20.0. The van der Waals surface area contributed by atoms with Gasteiger partial charge < -0.3 is 20.1 Å². The van der Waals surface area contributed by atoms with Gasteiger partial charge >= 0.3 is 12.1 Å². The second kappa shape index (κ2) is 11.3. The number of ether oxygens (including phenoxy) is 2. The van der Waals surface area contributed by atoms with Gasteiger partial charge in [0, 0.05) is 6.42 Å². The third kappa shape index (κ3) is 8.89. The number of hydrogen-bond donors (Lipinski definition) is 2. The van der Waals surface area contributed by atoms with Gasteiger partial charge in [0.2, 0.25) is 5.91 Å². The smallest absolute Gasteiger partial charge is 0.408 e. The molecule has 0 aromatic heterocycles. The van der Waals surface area contributed by atoms with Crippen molar-refractivity contribution in [3.8, 4) is 0 Å². The average molecular weight is 447 g/mol. The molecule has 178 valence electrons. The second-order valence-corrected chi connectivity index (χ2v) is 10.1. The molecular weight excluding hydrogens is 408 g/mol. The van der Waals surface area contributed by atoms with E-state index in [0.29, 0.717) is 19.3 Å². The fourth-order valence-corrected chi connectivity index (χ4v) is 3.99. The van der Waals surface area contributed by atoms with Crippen LogP contribution in [0.5, 0.6) is 0 Å². The Balaban J connectivity index is 1.99. The molecule has 1 atom stereocenters. The van der Waals surface area contributed by atoms with E-state index in [1.54, 1.807) is 20.8 Å². The monoisotopic (exact) mass is 446 g/mol. The Morgan fingerprint density at radius 2 is 1.69 bits per heavy atom. The maximum absolute atomic E-state index is 12.9. The van der Waals surface area contributed by atoms with Gasteiger partial charge in [-0.3, -0.25) is 4.79 Å². The van der Waals surface area contributed by atoms with Crippen molar-refractivity contribution in [2.24, 2.45) is 5.92 Å². The molecule has 7 nitrogen and oxygen atoms in total. The molecule has 0 spiro atoms. The van der Waals surface area contributed by atoms with Crippen molar-refractivity contribution in [3.63, 3.8) is 0 Å². The van der Waals surface area contributed by atoms with Crippen LogP contribution < -0.4 is 10.6 Å². The summed E-state index contributed by atoms with van der Waals surface area (Å²) in [6.07, 6.45) is 3.32.